The number of amides is 2. The molecule has 0 aromatic carbocycles. The zero-order valence-electron chi connectivity index (χ0n) is 11.5. The van der Waals surface area contributed by atoms with Gasteiger partial charge in [-0.05, 0) is 31.4 Å². The van der Waals surface area contributed by atoms with E-state index in [4.69, 9.17) is 0 Å². The standard InChI is InChI=1S/C13H20N2O3S/c1-4-7-10-9(5-2)8-11(19-10)12(16)14-15-13(17)18-6-3/h8H,4-7H2,1-3H3,(H,14,16)(H,15,17). The lowest BCUT2D eigenvalue weighted by atomic mass is 10.1. The van der Waals surface area contributed by atoms with E-state index in [1.807, 2.05) is 6.07 Å². The molecule has 6 heteroatoms. The van der Waals surface area contributed by atoms with Gasteiger partial charge in [-0.15, -0.1) is 11.3 Å². The molecule has 0 fully saturated rings. The van der Waals surface area contributed by atoms with Crippen LogP contribution >= 0.6 is 11.3 Å². The number of ether oxygens (including phenoxy) is 1. The maximum atomic E-state index is 11.9. The highest BCUT2D eigenvalue weighted by Gasteiger charge is 2.14. The summed E-state index contributed by atoms with van der Waals surface area (Å²) in [7, 11) is 0. The zero-order chi connectivity index (χ0) is 14.3. The van der Waals surface area contributed by atoms with E-state index >= 15 is 0 Å². The van der Waals surface area contributed by atoms with Crippen molar-refractivity contribution in [3.63, 3.8) is 0 Å². The average molecular weight is 284 g/mol. The highest BCUT2D eigenvalue weighted by molar-refractivity contribution is 7.14. The molecule has 1 heterocycles. The third kappa shape index (κ3) is 4.55. The molecule has 0 radical (unpaired) electrons. The Morgan fingerprint density at radius 3 is 2.58 bits per heavy atom. The molecule has 19 heavy (non-hydrogen) atoms. The van der Waals surface area contributed by atoms with Gasteiger partial charge in [0.05, 0.1) is 11.5 Å². The van der Waals surface area contributed by atoms with Crippen LogP contribution < -0.4 is 10.9 Å². The summed E-state index contributed by atoms with van der Waals surface area (Å²) in [6.07, 6.45) is 2.28. The maximum Gasteiger partial charge on any atom is 0.426 e. The van der Waals surface area contributed by atoms with Crippen LogP contribution in [0.25, 0.3) is 0 Å². The first-order chi connectivity index (χ1) is 9.12. The summed E-state index contributed by atoms with van der Waals surface area (Å²) in [5.41, 5.74) is 5.75. The molecule has 0 aliphatic rings. The predicted octanol–water partition coefficient (Wildman–Crippen LogP) is 2.65. The van der Waals surface area contributed by atoms with Gasteiger partial charge >= 0.3 is 6.09 Å². The number of hydrogen-bond acceptors (Lipinski definition) is 4. The van der Waals surface area contributed by atoms with Crippen molar-refractivity contribution in [3.8, 4) is 0 Å². The Balaban J connectivity index is 2.64. The van der Waals surface area contributed by atoms with Gasteiger partial charge in [0.2, 0.25) is 0 Å². The molecular weight excluding hydrogens is 264 g/mol. The predicted molar refractivity (Wildman–Crippen MR) is 75.3 cm³/mol. The van der Waals surface area contributed by atoms with Crippen molar-refractivity contribution in [1.82, 2.24) is 10.9 Å². The number of rotatable bonds is 5. The van der Waals surface area contributed by atoms with E-state index < -0.39 is 6.09 Å². The lowest BCUT2D eigenvalue weighted by Gasteiger charge is -2.05. The summed E-state index contributed by atoms with van der Waals surface area (Å²) < 4.78 is 4.66. The summed E-state index contributed by atoms with van der Waals surface area (Å²) >= 11 is 1.48. The lowest BCUT2D eigenvalue weighted by Crippen LogP contribution is -2.41. The minimum absolute atomic E-state index is 0.265. The number of carbonyl (C=O) groups excluding carboxylic acids is 2. The summed E-state index contributed by atoms with van der Waals surface area (Å²) in [6, 6.07) is 1.89. The molecule has 0 aliphatic heterocycles. The Labute approximate surface area is 117 Å². The fourth-order valence-corrected chi connectivity index (χ4v) is 2.90. The summed E-state index contributed by atoms with van der Waals surface area (Å²) in [5, 5.41) is 0. The average Bonchev–Trinajstić information content (AvgIpc) is 2.80. The molecule has 1 aromatic rings. The van der Waals surface area contributed by atoms with Gasteiger partial charge in [0.25, 0.3) is 5.91 Å². The van der Waals surface area contributed by atoms with Crippen molar-refractivity contribution >= 4 is 23.3 Å². The van der Waals surface area contributed by atoms with Crippen molar-refractivity contribution < 1.29 is 14.3 Å². The minimum atomic E-state index is -0.656. The SMILES string of the molecule is CCCc1sc(C(=O)NNC(=O)OCC)cc1CC. The highest BCUT2D eigenvalue weighted by atomic mass is 32.1. The molecule has 2 amide bonds. The monoisotopic (exact) mass is 284 g/mol. The summed E-state index contributed by atoms with van der Waals surface area (Å²) in [5.74, 6) is -0.310. The molecule has 0 aliphatic carbocycles. The van der Waals surface area contributed by atoms with Gasteiger partial charge in [-0.2, -0.15) is 0 Å². The van der Waals surface area contributed by atoms with Crippen LogP contribution in [-0.2, 0) is 17.6 Å². The molecule has 0 atom stereocenters. The molecule has 0 unspecified atom stereocenters. The van der Waals surface area contributed by atoms with Gasteiger partial charge in [-0.25, -0.2) is 10.2 Å². The first kappa shape index (κ1) is 15.5. The largest absolute Gasteiger partial charge is 0.449 e. The number of nitrogens with one attached hydrogen (secondary N) is 2. The third-order valence-electron chi connectivity index (χ3n) is 2.53. The Morgan fingerprint density at radius 2 is 2.00 bits per heavy atom. The quantitative estimate of drug-likeness (QED) is 0.817. The number of thiophene rings is 1. The Hall–Kier alpha value is -1.56. The normalized spacial score (nSPS) is 10.1. The van der Waals surface area contributed by atoms with Crippen molar-refractivity contribution in [1.29, 1.82) is 0 Å². The van der Waals surface area contributed by atoms with Crippen LogP contribution in [0.2, 0.25) is 0 Å². The molecule has 2 N–H and O–H groups in total. The molecule has 5 nitrogen and oxygen atoms in total. The smallest absolute Gasteiger partial charge is 0.426 e. The van der Waals surface area contributed by atoms with Gasteiger partial charge in [0, 0.05) is 4.88 Å². The maximum absolute atomic E-state index is 11.9. The highest BCUT2D eigenvalue weighted by Crippen LogP contribution is 2.24. The Kier molecular flexibility index (Phi) is 6.35. The second kappa shape index (κ2) is 7.78. The third-order valence-corrected chi connectivity index (χ3v) is 3.77. The van der Waals surface area contributed by atoms with Crippen LogP contribution in [-0.4, -0.2) is 18.6 Å². The van der Waals surface area contributed by atoms with E-state index in [1.165, 1.54) is 21.8 Å². The van der Waals surface area contributed by atoms with Crippen LogP contribution in [0, 0.1) is 0 Å². The lowest BCUT2D eigenvalue weighted by molar-refractivity contribution is 0.0916. The Morgan fingerprint density at radius 1 is 1.26 bits per heavy atom. The molecule has 0 spiro atoms. The number of aryl methyl sites for hydroxylation is 2. The van der Waals surface area contributed by atoms with Crippen LogP contribution in [0.5, 0.6) is 0 Å². The second-order valence-electron chi connectivity index (χ2n) is 3.96. The number of hydrogen-bond donors (Lipinski definition) is 2. The molecule has 0 saturated heterocycles. The van der Waals surface area contributed by atoms with Crippen molar-refractivity contribution in [2.45, 2.75) is 40.0 Å². The molecule has 1 rings (SSSR count). The Bertz CT molecular complexity index is 443. The van der Waals surface area contributed by atoms with Crippen molar-refractivity contribution in [2.24, 2.45) is 0 Å². The van der Waals surface area contributed by atoms with Crippen LogP contribution in [0.3, 0.4) is 0 Å². The molecule has 0 saturated carbocycles. The minimum Gasteiger partial charge on any atom is -0.449 e. The first-order valence-electron chi connectivity index (χ1n) is 6.47. The fraction of sp³-hybridized carbons (Fsp3) is 0.538. The van der Waals surface area contributed by atoms with Crippen LogP contribution in [0.4, 0.5) is 4.79 Å². The summed E-state index contributed by atoms with van der Waals surface area (Å²) in [4.78, 5) is 24.8. The second-order valence-corrected chi connectivity index (χ2v) is 5.10. The van der Waals surface area contributed by atoms with Crippen LogP contribution in [0.15, 0.2) is 6.07 Å². The molecule has 106 valence electrons. The number of hydrazine groups is 1. The van der Waals surface area contributed by atoms with Gasteiger partial charge in [-0.3, -0.25) is 10.2 Å². The van der Waals surface area contributed by atoms with Gasteiger partial charge < -0.3 is 4.74 Å². The summed E-state index contributed by atoms with van der Waals surface area (Å²) in [6.45, 7) is 6.15. The first-order valence-corrected chi connectivity index (χ1v) is 7.28. The van der Waals surface area contributed by atoms with Gasteiger partial charge in [0.15, 0.2) is 0 Å². The van der Waals surface area contributed by atoms with Gasteiger partial charge in [-0.1, -0.05) is 20.3 Å². The van der Waals surface area contributed by atoms with Crippen molar-refractivity contribution in [2.75, 3.05) is 6.61 Å². The zero-order valence-corrected chi connectivity index (χ0v) is 12.4. The van der Waals surface area contributed by atoms with Crippen LogP contribution in [0.1, 0.15) is 47.3 Å². The molecule has 0 bridgehead atoms. The van der Waals surface area contributed by atoms with E-state index in [-0.39, 0.29) is 12.5 Å². The van der Waals surface area contributed by atoms with Crippen molar-refractivity contribution in [3.05, 3.63) is 21.4 Å². The molecule has 1 aromatic heterocycles. The molecular formula is C13H20N2O3S. The van der Waals surface area contributed by atoms with E-state index in [0.717, 1.165) is 19.3 Å². The van der Waals surface area contributed by atoms with E-state index in [0.29, 0.717) is 4.88 Å². The fourth-order valence-electron chi connectivity index (χ4n) is 1.65. The van der Waals surface area contributed by atoms with Gasteiger partial charge in [0.1, 0.15) is 0 Å². The topological polar surface area (TPSA) is 67.4 Å². The van der Waals surface area contributed by atoms with E-state index in [2.05, 4.69) is 29.4 Å². The van der Waals surface area contributed by atoms with E-state index in [1.54, 1.807) is 6.92 Å². The van der Waals surface area contributed by atoms with E-state index in [9.17, 15) is 9.59 Å². The number of carbonyl (C=O) groups is 2.